The van der Waals surface area contributed by atoms with E-state index in [2.05, 4.69) is 11.5 Å². The molecule has 0 bridgehead atoms. The molecule has 0 radical (unpaired) electrons. The van der Waals surface area contributed by atoms with Crippen LogP contribution in [-0.4, -0.2) is 13.1 Å². The number of hydrogen-bond acceptors (Lipinski definition) is 2. The molecular formula is C17H20O2. The van der Waals surface area contributed by atoms with Crippen LogP contribution in [0.25, 0.3) is 6.08 Å². The van der Waals surface area contributed by atoms with Crippen LogP contribution in [0, 0.1) is 18.8 Å². The van der Waals surface area contributed by atoms with Gasteiger partial charge in [-0.25, -0.2) is 0 Å². The lowest BCUT2D eigenvalue weighted by atomic mass is 9.96. The smallest absolute Gasteiger partial charge is 0.313 e. The van der Waals surface area contributed by atoms with Gasteiger partial charge in [0.05, 0.1) is 13.0 Å². The fraction of sp³-hybridized carbons (Fsp3) is 0.353. The lowest BCUT2D eigenvalue weighted by Gasteiger charge is -2.12. The zero-order chi connectivity index (χ0) is 14.3. The van der Waals surface area contributed by atoms with Gasteiger partial charge in [-0.2, -0.15) is 0 Å². The fourth-order valence-electron chi connectivity index (χ4n) is 1.59. The third-order valence-electron chi connectivity index (χ3n) is 2.85. The molecule has 0 aliphatic carbocycles. The number of methoxy groups -OCH3 is 1. The van der Waals surface area contributed by atoms with Crippen LogP contribution < -0.4 is 0 Å². The molecule has 1 aromatic rings. The van der Waals surface area contributed by atoms with Crippen molar-refractivity contribution in [3.05, 3.63) is 52.9 Å². The van der Waals surface area contributed by atoms with E-state index in [-0.39, 0.29) is 17.8 Å². The topological polar surface area (TPSA) is 26.3 Å². The van der Waals surface area contributed by atoms with Gasteiger partial charge in [0, 0.05) is 0 Å². The summed E-state index contributed by atoms with van der Waals surface area (Å²) in [7, 11) is 1.40. The number of carbonyl (C=O) groups excluding carboxylic acids is 1. The largest absolute Gasteiger partial charge is 0.469 e. The summed E-state index contributed by atoms with van der Waals surface area (Å²) >= 11 is 0. The van der Waals surface area contributed by atoms with E-state index in [4.69, 9.17) is 4.74 Å². The summed E-state index contributed by atoms with van der Waals surface area (Å²) in [5.74, 6) is -0.329. The van der Waals surface area contributed by atoms with Crippen LogP contribution in [0.15, 0.2) is 41.8 Å². The Bertz CT molecular complexity index is 511. The van der Waals surface area contributed by atoms with Crippen molar-refractivity contribution >= 4 is 12.0 Å². The van der Waals surface area contributed by atoms with Gasteiger partial charge in [0.2, 0.25) is 0 Å². The second kappa shape index (κ2) is 7.43. The quantitative estimate of drug-likeness (QED) is 0.605. The van der Waals surface area contributed by atoms with Crippen molar-refractivity contribution in [3.8, 4) is 0 Å². The molecule has 1 rings (SSSR count). The van der Waals surface area contributed by atoms with Crippen LogP contribution in [0.2, 0.25) is 0 Å². The van der Waals surface area contributed by atoms with Crippen molar-refractivity contribution in [2.24, 2.45) is 11.8 Å². The monoisotopic (exact) mass is 256 g/mol. The molecule has 0 unspecified atom stereocenters. The summed E-state index contributed by atoms with van der Waals surface area (Å²) < 4.78 is 4.75. The molecule has 0 aliphatic rings. The Morgan fingerprint density at radius 1 is 1.21 bits per heavy atom. The van der Waals surface area contributed by atoms with Crippen molar-refractivity contribution in [1.82, 2.24) is 0 Å². The van der Waals surface area contributed by atoms with Crippen LogP contribution in [0.3, 0.4) is 0 Å². The van der Waals surface area contributed by atoms with Gasteiger partial charge in [0.15, 0.2) is 0 Å². The number of ether oxygens (including phenoxy) is 1. The first-order valence-corrected chi connectivity index (χ1v) is 6.36. The van der Waals surface area contributed by atoms with Gasteiger partial charge >= 0.3 is 5.97 Å². The average molecular weight is 256 g/mol. The predicted octanol–water partition coefficient (Wildman–Crippen LogP) is 3.76. The number of aryl methyl sites for hydroxylation is 1. The van der Waals surface area contributed by atoms with Gasteiger partial charge in [-0.15, -0.1) is 0 Å². The van der Waals surface area contributed by atoms with Gasteiger partial charge in [-0.05, 0) is 30.6 Å². The molecule has 0 heterocycles. The van der Waals surface area contributed by atoms with Crippen LogP contribution in [0.4, 0.5) is 0 Å². The Morgan fingerprint density at radius 3 is 2.37 bits per heavy atom. The molecule has 100 valence electrons. The number of benzene rings is 1. The molecule has 0 saturated carbocycles. The molecule has 0 N–H and O–H groups in total. The number of carbonyl (C=O) groups is 1. The van der Waals surface area contributed by atoms with Crippen LogP contribution >= 0.6 is 0 Å². The molecule has 0 saturated heterocycles. The summed E-state index contributed by atoms with van der Waals surface area (Å²) in [5.41, 5.74) is 8.15. The Labute approximate surface area is 115 Å². The van der Waals surface area contributed by atoms with E-state index >= 15 is 0 Å². The maximum absolute atomic E-state index is 11.5. The lowest BCUT2D eigenvalue weighted by Crippen LogP contribution is -2.19. The van der Waals surface area contributed by atoms with E-state index in [1.165, 1.54) is 12.7 Å². The molecule has 1 aromatic carbocycles. The highest BCUT2D eigenvalue weighted by Crippen LogP contribution is 2.13. The van der Waals surface area contributed by atoms with Gasteiger partial charge in [0.1, 0.15) is 0 Å². The first kappa shape index (κ1) is 15.0. The number of esters is 1. The highest BCUT2D eigenvalue weighted by atomic mass is 16.5. The van der Waals surface area contributed by atoms with E-state index < -0.39 is 0 Å². The highest BCUT2D eigenvalue weighted by Gasteiger charge is 2.19. The molecule has 2 heteroatoms. The van der Waals surface area contributed by atoms with Crippen LogP contribution in [0.1, 0.15) is 25.0 Å². The van der Waals surface area contributed by atoms with Gasteiger partial charge in [-0.3, -0.25) is 4.79 Å². The van der Waals surface area contributed by atoms with Crippen molar-refractivity contribution < 1.29 is 9.53 Å². The van der Waals surface area contributed by atoms with Gasteiger partial charge in [-0.1, -0.05) is 55.1 Å². The van der Waals surface area contributed by atoms with E-state index in [1.807, 2.05) is 51.1 Å². The first-order valence-electron chi connectivity index (χ1n) is 6.36. The van der Waals surface area contributed by atoms with Crippen LogP contribution in [0.5, 0.6) is 0 Å². The van der Waals surface area contributed by atoms with E-state index in [0.29, 0.717) is 0 Å². The fourth-order valence-corrected chi connectivity index (χ4v) is 1.59. The summed E-state index contributed by atoms with van der Waals surface area (Å²) in [5, 5.41) is 0. The third-order valence-corrected chi connectivity index (χ3v) is 2.85. The summed E-state index contributed by atoms with van der Waals surface area (Å²) in [4.78, 5) is 11.5. The molecule has 0 aromatic heterocycles. The normalized spacial score (nSPS) is 11.2. The third kappa shape index (κ3) is 5.01. The zero-order valence-corrected chi connectivity index (χ0v) is 11.9. The summed E-state index contributed by atoms with van der Waals surface area (Å²) in [6, 6.07) is 8.12. The Hall–Kier alpha value is -2.01. The molecule has 1 atom stereocenters. The first-order chi connectivity index (χ1) is 9.04. The van der Waals surface area contributed by atoms with Crippen molar-refractivity contribution in [3.63, 3.8) is 0 Å². The molecule has 2 nitrogen and oxygen atoms in total. The highest BCUT2D eigenvalue weighted by molar-refractivity contribution is 5.74. The molecule has 0 amide bonds. The molecule has 19 heavy (non-hydrogen) atoms. The second-order valence-electron chi connectivity index (χ2n) is 4.80. The summed E-state index contributed by atoms with van der Waals surface area (Å²) in [6.07, 6.45) is 3.55. The summed E-state index contributed by atoms with van der Waals surface area (Å²) in [6.45, 7) is 6.00. The minimum atomic E-state index is -0.274. The maximum atomic E-state index is 11.5. The average Bonchev–Trinajstić information content (AvgIpc) is 2.39. The Morgan fingerprint density at radius 2 is 1.84 bits per heavy atom. The SMILES string of the molecule is COC(=O)[C@H](C=C=C=Cc1ccc(C)cc1)C(C)C. The zero-order valence-electron chi connectivity index (χ0n) is 11.9. The Kier molecular flexibility index (Phi) is 5.89. The number of rotatable bonds is 4. The van der Waals surface area contributed by atoms with E-state index in [0.717, 1.165) is 5.56 Å². The molecular weight excluding hydrogens is 236 g/mol. The van der Waals surface area contributed by atoms with E-state index in [9.17, 15) is 4.79 Å². The van der Waals surface area contributed by atoms with Crippen molar-refractivity contribution in [2.45, 2.75) is 20.8 Å². The standard InChI is InChI=1S/C17H20O2/c1-13(2)16(17(18)19-4)8-6-5-7-15-11-9-14(3)10-12-15/h7-13,16H,1-4H3/t16-/m1/s1. The van der Waals surface area contributed by atoms with Crippen molar-refractivity contribution in [1.29, 1.82) is 0 Å². The van der Waals surface area contributed by atoms with Gasteiger partial charge in [0.25, 0.3) is 0 Å². The predicted molar refractivity (Wildman–Crippen MR) is 77.6 cm³/mol. The minimum Gasteiger partial charge on any atom is -0.469 e. The Balaban J connectivity index is 2.85. The molecule has 0 fully saturated rings. The molecule has 0 aliphatic heterocycles. The van der Waals surface area contributed by atoms with Crippen molar-refractivity contribution in [2.75, 3.05) is 7.11 Å². The lowest BCUT2D eigenvalue weighted by molar-refractivity contribution is -0.145. The number of hydrogen-bond donors (Lipinski definition) is 0. The van der Waals surface area contributed by atoms with E-state index in [1.54, 1.807) is 6.08 Å². The maximum Gasteiger partial charge on any atom is 0.313 e. The van der Waals surface area contributed by atoms with Crippen LogP contribution in [-0.2, 0) is 9.53 Å². The minimum absolute atomic E-state index is 0.182. The van der Waals surface area contributed by atoms with Gasteiger partial charge < -0.3 is 4.74 Å². The second-order valence-corrected chi connectivity index (χ2v) is 4.80. The molecule has 0 spiro atoms.